The Labute approximate surface area is 200 Å². The van der Waals surface area contributed by atoms with E-state index >= 15 is 0 Å². The largest absolute Gasteiger partial charge is 0.412 e. The maximum absolute atomic E-state index is 12.6. The van der Waals surface area contributed by atoms with E-state index in [1.807, 2.05) is 0 Å². The Morgan fingerprint density at radius 1 is 1.03 bits per heavy atom. The van der Waals surface area contributed by atoms with E-state index in [9.17, 15) is 4.79 Å². The number of ketones is 1. The lowest BCUT2D eigenvalue weighted by molar-refractivity contribution is -0.115. The summed E-state index contributed by atoms with van der Waals surface area (Å²) in [5, 5.41) is 0.0954. The summed E-state index contributed by atoms with van der Waals surface area (Å²) in [6.07, 6.45) is 7.13. The maximum atomic E-state index is 12.6. The van der Waals surface area contributed by atoms with Crippen molar-refractivity contribution in [2.75, 3.05) is 0 Å². The number of carbonyl (C=O) groups excluding carboxylic acids is 1. The molecular formula is C27H48O3Si2. The van der Waals surface area contributed by atoms with Crippen LogP contribution in [0.2, 0.25) is 36.3 Å². The highest BCUT2D eigenvalue weighted by Crippen LogP contribution is 2.42. The lowest BCUT2D eigenvalue weighted by atomic mass is 9.93. The van der Waals surface area contributed by atoms with Crippen LogP contribution >= 0.6 is 0 Å². The topological polar surface area (TPSA) is 35.5 Å². The Bertz CT molecular complexity index is 718. The highest BCUT2D eigenvalue weighted by molar-refractivity contribution is 6.74. The number of carbonyl (C=O) groups is 1. The van der Waals surface area contributed by atoms with Crippen molar-refractivity contribution in [3.63, 3.8) is 0 Å². The lowest BCUT2D eigenvalue weighted by Gasteiger charge is -2.40. The molecule has 0 spiro atoms. The van der Waals surface area contributed by atoms with E-state index in [1.54, 1.807) is 0 Å². The van der Waals surface area contributed by atoms with Gasteiger partial charge in [0.2, 0.25) is 0 Å². The minimum Gasteiger partial charge on any atom is -0.412 e. The van der Waals surface area contributed by atoms with E-state index in [0.29, 0.717) is 12.0 Å². The third-order valence-electron chi connectivity index (χ3n) is 8.46. The van der Waals surface area contributed by atoms with E-state index in [4.69, 9.17) is 8.85 Å². The van der Waals surface area contributed by atoms with Gasteiger partial charge in [0, 0.05) is 12.0 Å². The minimum absolute atomic E-state index is 0.0954. The summed E-state index contributed by atoms with van der Waals surface area (Å²) < 4.78 is 13.8. The average Bonchev–Trinajstić information content (AvgIpc) is 2.88. The molecule has 2 aliphatic rings. The van der Waals surface area contributed by atoms with Gasteiger partial charge in [-0.25, -0.2) is 0 Å². The fraction of sp³-hybridized carbons (Fsp3) is 0.815. The van der Waals surface area contributed by atoms with E-state index in [0.717, 1.165) is 31.0 Å². The van der Waals surface area contributed by atoms with Crippen LogP contribution in [0.4, 0.5) is 0 Å². The van der Waals surface area contributed by atoms with Gasteiger partial charge in [-0.15, -0.1) is 0 Å². The highest BCUT2D eigenvalue weighted by Gasteiger charge is 2.45. The van der Waals surface area contributed by atoms with Gasteiger partial charge in [-0.05, 0) is 61.9 Å². The molecule has 0 radical (unpaired) electrons. The second-order valence-electron chi connectivity index (χ2n) is 11.6. The van der Waals surface area contributed by atoms with Gasteiger partial charge < -0.3 is 8.85 Å². The van der Waals surface area contributed by atoms with Gasteiger partial charge in [0.15, 0.2) is 22.4 Å². The second-order valence-corrected chi connectivity index (χ2v) is 21.0. The zero-order valence-corrected chi connectivity index (χ0v) is 24.2. The SMILES string of the molecule is C=C1C(=O)C[C@@H](O[Si](C)(C)C(C)(C)C)[C@@H]1C#CC1(O[Si](CC)(CC)CC)CCCCCC1. The van der Waals surface area contributed by atoms with E-state index in [2.05, 4.69) is 73.1 Å². The van der Waals surface area contributed by atoms with Crippen molar-refractivity contribution in [1.82, 2.24) is 0 Å². The average molecular weight is 477 g/mol. The Balaban J connectivity index is 2.39. The third-order valence-corrected chi connectivity index (χ3v) is 17.6. The van der Waals surface area contributed by atoms with Crippen LogP contribution in [0.25, 0.3) is 0 Å². The first-order chi connectivity index (χ1) is 14.8. The van der Waals surface area contributed by atoms with Crippen molar-refractivity contribution < 1.29 is 13.6 Å². The van der Waals surface area contributed by atoms with Crippen molar-refractivity contribution in [1.29, 1.82) is 0 Å². The molecule has 0 aromatic heterocycles. The zero-order valence-electron chi connectivity index (χ0n) is 22.2. The molecule has 2 aliphatic carbocycles. The molecule has 2 rings (SSSR count). The number of hydrogen-bond acceptors (Lipinski definition) is 3. The molecule has 0 aromatic carbocycles. The van der Waals surface area contributed by atoms with Crippen LogP contribution < -0.4 is 0 Å². The van der Waals surface area contributed by atoms with Crippen molar-refractivity contribution in [2.24, 2.45) is 5.92 Å². The lowest BCUT2D eigenvalue weighted by Crippen LogP contribution is -2.47. The molecular weight excluding hydrogens is 428 g/mol. The molecule has 2 saturated carbocycles. The Morgan fingerprint density at radius 3 is 2.03 bits per heavy atom. The van der Waals surface area contributed by atoms with Crippen LogP contribution in [-0.4, -0.2) is 34.1 Å². The first-order valence-corrected chi connectivity index (χ1v) is 18.4. The number of rotatable bonds is 7. The van der Waals surface area contributed by atoms with Crippen molar-refractivity contribution in [3.8, 4) is 11.8 Å². The Hall–Kier alpha value is -0.676. The van der Waals surface area contributed by atoms with Crippen LogP contribution in [0.5, 0.6) is 0 Å². The first kappa shape index (κ1) is 27.6. The van der Waals surface area contributed by atoms with E-state index in [1.165, 1.54) is 25.7 Å². The molecule has 0 heterocycles. The molecule has 2 fully saturated rings. The molecule has 2 atom stereocenters. The summed E-state index contributed by atoms with van der Waals surface area (Å²) in [5.74, 6) is 7.12. The van der Waals surface area contributed by atoms with Gasteiger partial charge in [-0.3, -0.25) is 4.79 Å². The fourth-order valence-electron chi connectivity index (χ4n) is 4.82. The first-order valence-electron chi connectivity index (χ1n) is 13.0. The van der Waals surface area contributed by atoms with Crippen molar-refractivity contribution in [3.05, 3.63) is 12.2 Å². The normalized spacial score (nSPS) is 24.8. The van der Waals surface area contributed by atoms with E-state index < -0.39 is 16.6 Å². The molecule has 0 bridgehead atoms. The maximum Gasteiger partial charge on any atom is 0.194 e. The van der Waals surface area contributed by atoms with Crippen LogP contribution in [-0.2, 0) is 13.6 Å². The molecule has 32 heavy (non-hydrogen) atoms. The van der Waals surface area contributed by atoms with Crippen LogP contribution in [0.3, 0.4) is 0 Å². The monoisotopic (exact) mass is 476 g/mol. The minimum atomic E-state index is -2.01. The summed E-state index contributed by atoms with van der Waals surface area (Å²) in [6, 6.07) is 3.40. The highest BCUT2D eigenvalue weighted by atomic mass is 28.4. The summed E-state index contributed by atoms with van der Waals surface area (Å²) in [5.41, 5.74) is 0.271. The summed E-state index contributed by atoms with van der Waals surface area (Å²) >= 11 is 0. The molecule has 5 heteroatoms. The molecule has 0 aliphatic heterocycles. The van der Waals surface area contributed by atoms with Gasteiger partial charge in [0.05, 0.1) is 12.0 Å². The predicted octanol–water partition coefficient (Wildman–Crippen LogP) is 7.64. The molecule has 0 N–H and O–H groups in total. The number of Topliss-reactive ketones (excluding diaryl/α,β-unsaturated/α-hetero) is 1. The molecule has 0 unspecified atom stereocenters. The predicted molar refractivity (Wildman–Crippen MR) is 141 cm³/mol. The number of hydrogen-bond donors (Lipinski definition) is 0. The summed E-state index contributed by atoms with van der Waals surface area (Å²) in [6.45, 7) is 22.2. The van der Waals surface area contributed by atoms with Gasteiger partial charge in [0.25, 0.3) is 0 Å². The van der Waals surface area contributed by atoms with Gasteiger partial charge in [0.1, 0.15) is 5.60 Å². The van der Waals surface area contributed by atoms with Gasteiger partial charge in [-0.2, -0.15) is 0 Å². The molecule has 0 amide bonds. The van der Waals surface area contributed by atoms with E-state index in [-0.39, 0.29) is 28.4 Å². The van der Waals surface area contributed by atoms with Gasteiger partial charge in [-0.1, -0.05) is 72.8 Å². The Morgan fingerprint density at radius 2 is 1.56 bits per heavy atom. The second kappa shape index (κ2) is 10.7. The quantitative estimate of drug-likeness (QED) is 0.164. The van der Waals surface area contributed by atoms with Crippen molar-refractivity contribution >= 4 is 22.4 Å². The van der Waals surface area contributed by atoms with Crippen LogP contribution in [0.1, 0.15) is 86.5 Å². The van der Waals surface area contributed by atoms with Crippen LogP contribution in [0, 0.1) is 17.8 Å². The van der Waals surface area contributed by atoms with Crippen LogP contribution in [0.15, 0.2) is 12.2 Å². The zero-order chi connectivity index (χ0) is 24.2. The van der Waals surface area contributed by atoms with Gasteiger partial charge >= 0.3 is 0 Å². The molecule has 0 aromatic rings. The summed E-state index contributed by atoms with van der Waals surface area (Å²) in [4.78, 5) is 12.6. The Kier molecular flexibility index (Phi) is 9.23. The standard InChI is InChI=1S/C27H48O3Si2/c1-10-32(11-2,12-3)30-27(18-15-13-14-16-19-27)20-17-23-22(4)24(28)21-25(23)29-31(8,9)26(5,6)7/h23,25H,4,10-16,18-19,21H2,1-3,5-9H3/t23-,25-/m1/s1. The molecule has 182 valence electrons. The summed E-state index contributed by atoms with van der Waals surface area (Å²) in [7, 11) is -3.81. The third kappa shape index (κ3) is 6.26. The fourth-order valence-corrected chi connectivity index (χ4v) is 9.16. The molecule has 0 saturated heterocycles. The smallest absolute Gasteiger partial charge is 0.194 e. The molecule has 3 nitrogen and oxygen atoms in total. The van der Waals surface area contributed by atoms with Crippen molar-refractivity contribution in [2.45, 2.75) is 134 Å².